The van der Waals surface area contributed by atoms with Gasteiger partial charge >= 0.3 is 0 Å². The van der Waals surface area contributed by atoms with Gasteiger partial charge in [-0.1, -0.05) is 0 Å². The Balaban J connectivity index is 2.83. The quantitative estimate of drug-likeness (QED) is 0.758. The van der Waals surface area contributed by atoms with E-state index in [4.69, 9.17) is 4.74 Å². The zero-order valence-corrected chi connectivity index (χ0v) is 10.6. The molecule has 0 saturated carbocycles. The fourth-order valence-electron chi connectivity index (χ4n) is 1.29. The Kier molecular flexibility index (Phi) is 4.86. The standard InChI is InChI=1S/C10H16N2O4S/c1-8(4-6-16-2)12-17(14,15)10-7-11-5-3-9(10)13/h3,5,7-8,12H,4,6H2,1-2H3,(H,11,13). The predicted molar refractivity (Wildman–Crippen MR) is 63.3 cm³/mol. The summed E-state index contributed by atoms with van der Waals surface area (Å²) in [6.45, 7) is 2.17. The lowest BCUT2D eigenvalue weighted by Crippen LogP contribution is -2.35. The van der Waals surface area contributed by atoms with Crippen molar-refractivity contribution in [3.05, 3.63) is 28.7 Å². The molecule has 1 atom stereocenters. The number of hydrogen-bond donors (Lipinski definition) is 2. The summed E-state index contributed by atoms with van der Waals surface area (Å²) in [5.41, 5.74) is -0.532. The van der Waals surface area contributed by atoms with E-state index in [-0.39, 0.29) is 10.9 Å². The van der Waals surface area contributed by atoms with Crippen molar-refractivity contribution in [1.29, 1.82) is 0 Å². The molecule has 1 rings (SSSR count). The summed E-state index contributed by atoms with van der Waals surface area (Å²) in [5.74, 6) is 0. The molecule has 2 N–H and O–H groups in total. The zero-order valence-electron chi connectivity index (χ0n) is 9.76. The van der Waals surface area contributed by atoms with Crippen LogP contribution in [0.5, 0.6) is 0 Å². The SMILES string of the molecule is COCCC(C)NS(=O)(=O)c1c[nH]ccc1=O. The van der Waals surface area contributed by atoms with Gasteiger partial charge in [-0.3, -0.25) is 4.79 Å². The van der Waals surface area contributed by atoms with Crippen LogP contribution >= 0.6 is 0 Å². The highest BCUT2D eigenvalue weighted by atomic mass is 32.2. The van der Waals surface area contributed by atoms with Gasteiger partial charge in [0, 0.05) is 38.2 Å². The van der Waals surface area contributed by atoms with E-state index in [1.165, 1.54) is 18.5 Å². The third-order valence-corrected chi connectivity index (χ3v) is 3.80. The Morgan fingerprint density at radius 1 is 1.53 bits per heavy atom. The molecule has 0 spiro atoms. The average Bonchev–Trinajstić information content (AvgIpc) is 2.26. The van der Waals surface area contributed by atoms with Gasteiger partial charge < -0.3 is 9.72 Å². The molecule has 1 aromatic rings. The minimum absolute atomic E-state index is 0.274. The van der Waals surface area contributed by atoms with Gasteiger partial charge in [-0.25, -0.2) is 13.1 Å². The van der Waals surface area contributed by atoms with Crippen molar-refractivity contribution in [3.63, 3.8) is 0 Å². The monoisotopic (exact) mass is 260 g/mol. The van der Waals surface area contributed by atoms with E-state index in [0.29, 0.717) is 13.0 Å². The Labute approximate surface area is 100 Å². The van der Waals surface area contributed by atoms with Gasteiger partial charge in [0.1, 0.15) is 4.90 Å². The van der Waals surface area contributed by atoms with E-state index in [0.717, 1.165) is 0 Å². The van der Waals surface area contributed by atoms with Crippen molar-refractivity contribution in [2.75, 3.05) is 13.7 Å². The van der Waals surface area contributed by atoms with E-state index in [9.17, 15) is 13.2 Å². The molecule has 0 radical (unpaired) electrons. The van der Waals surface area contributed by atoms with Crippen molar-refractivity contribution in [3.8, 4) is 0 Å². The van der Waals surface area contributed by atoms with Gasteiger partial charge in [-0.15, -0.1) is 0 Å². The molecule has 1 aromatic heterocycles. The third-order valence-electron chi connectivity index (χ3n) is 2.19. The van der Waals surface area contributed by atoms with Crippen LogP contribution in [0.25, 0.3) is 0 Å². The summed E-state index contributed by atoms with van der Waals surface area (Å²) in [4.78, 5) is 13.7. The molecule has 0 bridgehead atoms. The van der Waals surface area contributed by atoms with Gasteiger partial charge in [0.15, 0.2) is 0 Å². The normalized spacial score (nSPS) is 13.5. The number of sulfonamides is 1. The summed E-state index contributed by atoms with van der Waals surface area (Å²) in [6.07, 6.45) is 3.10. The van der Waals surface area contributed by atoms with Crippen molar-refractivity contribution in [2.45, 2.75) is 24.3 Å². The van der Waals surface area contributed by atoms with Crippen LogP contribution in [0, 0.1) is 0 Å². The first-order valence-electron chi connectivity index (χ1n) is 5.15. The number of hydrogen-bond acceptors (Lipinski definition) is 4. The first-order chi connectivity index (χ1) is 7.97. The van der Waals surface area contributed by atoms with Gasteiger partial charge in [0.25, 0.3) is 0 Å². The van der Waals surface area contributed by atoms with Crippen LogP contribution in [-0.4, -0.2) is 33.2 Å². The number of H-pyrrole nitrogens is 1. The minimum Gasteiger partial charge on any atom is -0.385 e. The molecule has 7 heteroatoms. The van der Waals surface area contributed by atoms with Crippen LogP contribution in [-0.2, 0) is 14.8 Å². The van der Waals surface area contributed by atoms with Crippen molar-refractivity contribution in [2.24, 2.45) is 0 Å². The van der Waals surface area contributed by atoms with E-state index >= 15 is 0 Å². The molecule has 0 fully saturated rings. The average molecular weight is 260 g/mol. The lowest BCUT2D eigenvalue weighted by molar-refractivity contribution is 0.188. The number of rotatable bonds is 6. The van der Waals surface area contributed by atoms with E-state index in [1.54, 1.807) is 14.0 Å². The lowest BCUT2D eigenvalue weighted by atomic mass is 10.3. The maximum atomic E-state index is 11.9. The van der Waals surface area contributed by atoms with Gasteiger partial charge in [-0.05, 0) is 13.3 Å². The number of ether oxygens (including phenoxy) is 1. The zero-order chi connectivity index (χ0) is 12.9. The molecular formula is C10H16N2O4S. The first kappa shape index (κ1) is 13.9. The maximum Gasteiger partial charge on any atom is 0.246 e. The Hall–Kier alpha value is -1.18. The molecule has 0 saturated heterocycles. The number of aromatic nitrogens is 1. The second kappa shape index (κ2) is 5.95. The molecule has 1 unspecified atom stereocenters. The first-order valence-corrected chi connectivity index (χ1v) is 6.64. The minimum atomic E-state index is -3.77. The van der Waals surface area contributed by atoms with Crippen LogP contribution in [0.2, 0.25) is 0 Å². The Morgan fingerprint density at radius 3 is 2.82 bits per heavy atom. The van der Waals surface area contributed by atoms with E-state index in [1.807, 2.05) is 0 Å². The van der Waals surface area contributed by atoms with Crippen LogP contribution in [0.1, 0.15) is 13.3 Å². The molecule has 0 aromatic carbocycles. The summed E-state index contributed by atoms with van der Waals surface area (Å²) in [7, 11) is -2.23. The van der Waals surface area contributed by atoms with Gasteiger partial charge in [-0.2, -0.15) is 0 Å². The number of nitrogens with one attached hydrogen (secondary N) is 2. The topological polar surface area (TPSA) is 88.3 Å². The van der Waals surface area contributed by atoms with E-state index in [2.05, 4.69) is 9.71 Å². The maximum absolute atomic E-state index is 11.9. The highest BCUT2D eigenvalue weighted by molar-refractivity contribution is 7.89. The number of methoxy groups -OCH3 is 1. The lowest BCUT2D eigenvalue weighted by Gasteiger charge is -2.13. The summed E-state index contributed by atoms with van der Waals surface area (Å²) >= 11 is 0. The number of pyridine rings is 1. The van der Waals surface area contributed by atoms with Crippen LogP contribution in [0.15, 0.2) is 28.2 Å². The molecule has 17 heavy (non-hydrogen) atoms. The third kappa shape index (κ3) is 3.95. The summed E-state index contributed by atoms with van der Waals surface area (Å²) in [5, 5.41) is 0. The molecule has 96 valence electrons. The molecule has 0 aliphatic carbocycles. The second-order valence-corrected chi connectivity index (χ2v) is 5.36. The predicted octanol–water partition coefficient (Wildman–Crippen LogP) is 0.0782. The van der Waals surface area contributed by atoms with Crippen LogP contribution < -0.4 is 10.2 Å². The van der Waals surface area contributed by atoms with E-state index < -0.39 is 15.5 Å². The smallest absolute Gasteiger partial charge is 0.246 e. The van der Waals surface area contributed by atoms with Gasteiger partial charge in [0.2, 0.25) is 15.5 Å². The Bertz CT molecular complexity index is 509. The van der Waals surface area contributed by atoms with Crippen molar-refractivity contribution >= 4 is 10.0 Å². The number of aromatic amines is 1. The fourth-order valence-corrected chi connectivity index (χ4v) is 2.62. The molecule has 1 heterocycles. The van der Waals surface area contributed by atoms with Crippen molar-refractivity contribution < 1.29 is 13.2 Å². The molecule has 0 aliphatic rings. The molecule has 6 nitrogen and oxygen atoms in total. The van der Waals surface area contributed by atoms with Crippen LogP contribution in [0.3, 0.4) is 0 Å². The van der Waals surface area contributed by atoms with Gasteiger partial charge in [0.05, 0.1) is 0 Å². The highest BCUT2D eigenvalue weighted by Gasteiger charge is 2.19. The Morgan fingerprint density at radius 2 is 2.24 bits per heavy atom. The molecule has 0 amide bonds. The fraction of sp³-hybridized carbons (Fsp3) is 0.500. The second-order valence-electron chi connectivity index (χ2n) is 3.68. The largest absolute Gasteiger partial charge is 0.385 e. The molecular weight excluding hydrogens is 244 g/mol. The summed E-state index contributed by atoms with van der Waals surface area (Å²) < 4.78 is 31.0. The van der Waals surface area contributed by atoms with Crippen LogP contribution in [0.4, 0.5) is 0 Å². The molecule has 0 aliphatic heterocycles. The van der Waals surface area contributed by atoms with Crippen molar-refractivity contribution in [1.82, 2.24) is 9.71 Å². The highest BCUT2D eigenvalue weighted by Crippen LogP contribution is 2.03. The summed E-state index contributed by atoms with van der Waals surface area (Å²) in [6, 6.07) is 0.883.